The van der Waals surface area contributed by atoms with E-state index >= 15 is 0 Å². The third kappa shape index (κ3) is 35.4. The molecule has 6 aromatic rings. The van der Waals surface area contributed by atoms with Gasteiger partial charge in [-0.1, -0.05) is 493 Å². The van der Waals surface area contributed by atoms with Crippen LogP contribution < -0.4 is 0 Å². The van der Waals surface area contributed by atoms with Crippen molar-refractivity contribution in [3.63, 3.8) is 0 Å². The van der Waals surface area contributed by atoms with Gasteiger partial charge in [-0.25, -0.2) is 0 Å². The minimum absolute atomic E-state index is 0. The van der Waals surface area contributed by atoms with E-state index in [2.05, 4.69) is 211 Å². The van der Waals surface area contributed by atoms with Crippen LogP contribution in [0, 0.1) is 59.2 Å². The summed E-state index contributed by atoms with van der Waals surface area (Å²) in [6, 6.07) is 28.9. The van der Waals surface area contributed by atoms with E-state index in [4.69, 9.17) is 0 Å². The van der Waals surface area contributed by atoms with Gasteiger partial charge < -0.3 is 0 Å². The summed E-state index contributed by atoms with van der Waals surface area (Å²) in [6.07, 6.45) is 13.0. The van der Waals surface area contributed by atoms with Gasteiger partial charge in [0.25, 0.3) is 0 Å². The molecule has 16 rings (SSSR count). The zero-order chi connectivity index (χ0) is 89.8. The van der Waals surface area contributed by atoms with Gasteiger partial charge in [-0.15, -0.1) is 0 Å². The Bertz CT molecular complexity index is 3340. The predicted molar refractivity (Wildman–Crippen MR) is 600 cm³/mol. The van der Waals surface area contributed by atoms with Gasteiger partial charge in [0, 0.05) is 0 Å². The summed E-state index contributed by atoms with van der Waals surface area (Å²) in [5, 5.41) is 3.08. The molecule has 0 unspecified atom stereocenters. The van der Waals surface area contributed by atoms with Gasteiger partial charge in [0.05, 0.1) is 0 Å². The lowest BCUT2D eigenvalue weighted by molar-refractivity contribution is 0.520. The summed E-state index contributed by atoms with van der Waals surface area (Å²) in [4.78, 5) is 0. The Hall–Kier alpha value is -4.42. The zero-order valence-corrected chi connectivity index (χ0v) is 86.5. The molecule has 6 aromatic carbocycles. The first kappa shape index (κ1) is 151. The second-order valence-electron chi connectivity index (χ2n) is 31.9. The molecule has 0 fully saturated rings. The summed E-state index contributed by atoms with van der Waals surface area (Å²) in [6.45, 7) is 108. The first-order valence-electron chi connectivity index (χ1n) is 50.1. The van der Waals surface area contributed by atoms with Crippen molar-refractivity contribution in [3.05, 3.63) is 184 Å². The maximum absolute atomic E-state index is 2.53. The average Bonchev–Trinajstić information content (AvgIpc) is 1.56. The summed E-state index contributed by atoms with van der Waals surface area (Å²) in [5.41, 5.74) is 33.4. The standard InChI is InChI=1S/C20H24.4C16H22.15C2H6.10CH4/c1-11-9-17-15-7-5-6-8-16(15)19-13(3)12(2)10-18(19)20(17)14(11)4;1-9-5-13-7-16-12(4)10(2)6-14(16)8-15(13)11(9)3;1-9-5-13-7-14-6-10(2)12(4)16(14)8-15(13)11(9)3;1-9-7-13-5-6-14-11(3)10(2)8-15(14)16(13)12(9)4;1-9-7-15-13(11(9)3)5-6-14-12(4)10(2)8-16(14)15;15*1-2;;;;;;;;;;/h5-8,11-14H,9-10H2,1-4H3;2*7-12H,5-6H2,1-4H3;2*5-6,9-12H,7-8H2,1-4H3;15*1-2H3;10*1H4/t11-,12-,13-,14-;9-,10-,11-,12-;9-,10+,11-,12+;9-,10-,11-,12-;9-,10+,11-,12+;;;;;;;;;;;;;;;;;;;;;;;;;/m11.1........................../s1. The molecule has 0 saturated carbocycles. The van der Waals surface area contributed by atoms with Gasteiger partial charge >= 0.3 is 0 Å². The molecule has 10 aliphatic rings. The van der Waals surface area contributed by atoms with Crippen LogP contribution in [0.2, 0.25) is 0 Å². The molecule has 0 radical (unpaired) electrons. The van der Waals surface area contributed by atoms with Crippen molar-refractivity contribution in [1.29, 1.82) is 0 Å². The number of fused-ring (bicyclic) bond motifs is 16. The topological polar surface area (TPSA) is 0 Å². The monoisotopic (exact) mass is 1730 g/mol. The molecule has 0 saturated heterocycles. The second-order valence-corrected chi connectivity index (χ2v) is 31.9. The largest absolute Gasteiger partial charge is 0.0776 e. The van der Waals surface area contributed by atoms with Crippen molar-refractivity contribution in [3.8, 4) is 0 Å². The lowest BCUT2D eigenvalue weighted by Crippen LogP contribution is -2.01. The summed E-state index contributed by atoms with van der Waals surface area (Å²) in [5.74, 6) is 15.9. The van der Waals surface area contributed by atoms with Gasteiger partial charge in [0.15, 0.2) is 0 Å². The highest BCUT2D eigenvalue weighted by Gasteiger charge is 2.40. The third-order valence-corrected chi connectivity index (χ3v) is 27.0. The maximum atomic E-state index is 2.53. The van der Waals surface area contributed by atoms with Crippen LogP contribution in [0.5, 0.6) is 0 Å². The van der Waals surface area contributed by atoms with E-state index in [0.717, 1.165) is 112 Å². The van der Waals surface area contributed by atoms with E-state index in [9.17, 15) is 0 Å². The Kier molecular flexibility index (Phi) is 96.7. The van der Waals surface area contributed by atoms with E-state index in [0.29, 0.717) is 5.92 Å². The molecule has 10 aliphatic carbocycles. The number of benzene rings is 6. The Morgan fingerprint density at radius 2 is 0.355 bits per heavy atom. The fourth-order valence-corrected chi connectivity index (χ4v) is 19.3. The van der Waals surface area contributed by atoms with E-state index in [1.165, 1.54) is 64.2 Å². The molecule has 0 nitrogen and oxygen atoms in total. The zero-order valence-electron chi connectivity index (χ0n) is 86.5. The minimum Gasteiger partial charge on any atom is -0.0776 e. The van der Waals surface area contributed by atoms with Crippen LogP contribution in [0.1, 0.15) is 591 Å². The first-order valence-corrected chi connectivity index (χ1v) is 50.1. The molecule has 0 heterocycles. The van der Waals surface area contributed by atoms with Crippen molar-refractivity contribution in [2.24, 2.45) is 59.2 Å². The molecule has 0 heteroatoms. The summed E-state index contributed by atoms with van der Waals surface area (Å²) in [7, 11) is 0. The average molecular weight is 1730 g/mol. The third-order valence-electron chi connectivity index (χ3n) is 27.0. The molecule has 0 aliphatic heterocycles. The van der Waals surface area contributed by atoms with Crippen LogP contribution in [-0.4, -0.2) is 0 Å². The van der Waals surface area contributed by atoms with Gasteiger partial charge in [-0.2, -0.15) is 0 Å². The highest BCUT2D eigenvalue weighted by molar-refractivity contribution is 5.93. The van der Waals surface area contributed by atoms with Crippen LogP contribution in [0.4, 0.5) is 0 Å². The van der Waals surface area contributed by atoms with Gasteiger partial charge in [-0.3, -0.25) is 0 Å². The smallest absolute Gasteiger partial charge is 0.0143 e. The van der Waals surface area contributed by atoms with Crippen molar-refractivity contribution in [2.75, 3.05) is 0 Å². The van der Waals surface area contributed by atoms with Crippen LogP contribution in [0.15, 0.2) is 72.8 Å². The lowest BCUT2D eigenvalue weighted by atomic mass is 9.86. The molecular weight excluding hydrogens is 1490 g/mol. The molecule has 0 amide bonds. The Balaban J connectivity index is -0.0000000927. The van der Waals surface area contributed by atoms with Crippen molar-refractivity contribution in [2.45, 2.75) is 544 Å². The Labute approximate surface area is 792 Å². The number of rotatable bonds is 0. The van der Waals surface area contributed by atoms with Crippen LogP contribution in [0.3, 0.4) is 0 Å². The van der Waals surface area contributed by atoms with Gasteiger partial charge in [-0.05, 0) is 305 Å². The first-order chi connectivity index (χ1) is 54.9. The van der Waals surface area contributed by atoms with Crippen molar-refractivity contribution in [1.82, 2.24) is 0 Å². The molecule has 20 atom stereocenters. The van der Waals surface area contributed by atoms with E-state index < -0.39 is 0 Å². The fraction of sp³-hybridized carbons (Fsp3) is 0.726. The maximum Gasteiger partial charge on any atom is -0.0143 e. The lowest BCUT2D eigenvalue weighted by Gasteiger charge is -2.18. The molecule has 0 bridgehead atoms. The highest BCUT2D eigenvalue weighted by atomic mass is 14.4. The van der Waals surface area contributed by atoms with E-state index in [-0.39, 0.29) is 74.3 Å². The molecule has 0 spiro atoms. The van der Waals surface area contributed by atoms with Crippen LogP contribution in [0.25, 0.3) is 10.8 Å². The van der Waals surface area contributed by atoms with Crippen LogP contribution in [-0.2, 0) is 64.2 Å². The summed E-state index contributed by atoms with van der Waals surface area (Å²) >= 11 is 0. The van der Waals surface area contributed by atoms with Crippen LogP contribution >= 0.6 is 0 Å². The molecule has 738 valence electrons. The fourth-order valence-electron chi connectivity index (χ4n) is 19.3. The number of hydrogen-bond donors (Lipinski definition) is 0. The molecular formula is C124H242. The molecule has 0 aromatic heterocycles. The number of hydrogen-bond acceptors (Lipinski definition) is 0. The second kappa shape index (κ2) is 79.5. The van der Waals surface area contributed by atoms with Crippen molar-refractivity contribution < 1.29 is 0 Å². The Morgan fingerprint density at radius 3 is 0.677 bits per heavy atom. The van der Waals surface area contributed by atoms with Crippen molar-refractivity contribution >= 4 is 10.8 Å². The van der Waals surface area contributed by atoms with Gasteiger partial charge in [0.1, 0.15) is 0 Å². The molecule has 124 heavy (non-hydrogen) atoms. The minimum atomic E-state index is 0. The van der Waals surface area contributed by atoms with E-state index in [1.54, 1.807) is 122 Å². The SMILES string of the molecule is C.C.C.C.C.C.C.C.C.C.CC.CC.CC.CC.CC.CC.CC.CC.CC.CC.CC.CC.CC.CC.CC.C[C@@H]1Cc2c(c3c(c4ccccc24)[C@H](C)[C@H](C)C3)[C@@H]1C.C[C@@H]1Cc2c(ccc3c2C[C@H](C)[C@@H]3C)[C@@H]1C.C[C@@H]1Cc2c(ccc3c2[C@H](C)[C@H](C)C3)[C@@H]1C.C[C@@H]1Cc2cc3c(cc2[C@@H]1C)C[C@@H](C)[C@H]3C.C[C@@H]1Cc2cc3c(cc2[C@@H]1C)[C@@H](C)[C@@H](C)C3. The Morgan fingerprint density at radius 1 is 0.153 bits per heavy atom. The van der Waals surface area contributed by atoms with E-state index in [1.807, 2.05) is 208 Å². The predicted octanol–water partition coefficient (Wildman–Crippen LogP) is 44.3. The van der Waals surface area contributed by atoms with Gasteiger partial charge in [0.2, 0.25) is 0 Å². The quantitative estimate of drug-likeness (QED) is 0.142. The normalized spacial score (nSPS) is 24.5. The highest BCUT2D eigenvalue weighted by Crippen LogP contribution is 2.54. The molecule has 0 N–H and O–H groups in total. The summed E-state index contributed by atoms with van der Waals surface area (Å²) < 4.78 is 0.